The molecule has 0 aliphatic carbocycles. The zero-order valence-corrected chi connectivity index (χ0v) is 10.1. The Labute approximate surface area is 110 Å². The molecule has 5 heteroatoms. The third-order valence-corrected chi connectivity index (χ3v) is 2.79. The number of carbonyl (C=O) groups is 1. The van der Waals surface area contributed by atoms with Crippen LogP contribution in [0.5, 0.6) is 0 Å². The summed E-state index contributed by atoms with van der Waals surface area (Å²) in [5.74, 6) is -0.930. The summed E-state index contributed by atoms with van der Waals surface area (Å²) in [5, 5.41) is 12.8. The minimum Gasteiger partial charge on any atom is -0.478 e. The smallest absolute Gasteiger partial charge is 0.337 e. The minimum atomic E-state index is -0.930. The molecule has 0 atom stereocenters. The Bertz CT molecular complexity index is 676. The van der Waals surface area contributed by atoms with E-state index in [2.05, 4.69) is 5.43 Å². The van der Waals surface area contributed by atoms with Crippen LogP contribution in [-0.4, -0.2) is 16.1 Å². The van der Waals surface area contributed by atoms with E-state index in [1.165, 1.54) is 0 Å². The summed E-state index contributed by atoms with van der Waals surface area (Å²) < 4.78 is 0. The van der Waals surface area contributed by atoms with E-state index in [1.54, 1.807) is 17.3 Å². The number of fused-ring (bicyclic) bond motifs is 2. The van der Waals surface area contributed by atoms with E-state index in [0.29, 0.717) is 0 Å². The highest BCUT2D eigenvalue weighted by Crippen LogP contribution is 2.15. The van der Waals surface area contributed by atoms with Crippen molar-refractivity contribution in [2.24, 2.45) is 0 Å². The first-order valence-corrected chi connectivity index (χ1v) is 5.24. The van der Waals surface area contributed by atoms with Crippen molar-refractivity contribution in [3.63, 3.8) is 0 Å². The topological polar surface area (TPSA) is 52.6 Å². The SMILES string of the molecule is Cl.O=C(O)C1=CN2NC=c3ccccc3=C2C=C1. The van der Waals surface area contributed by atoms with Crippen LogP contribution >= 0.6 is 12.4 Å². The van der Waals surface area contributed by atoms with Gasteiger partial charge in [-0.15, -0.1) is 12.4 Å². The molecule has 0 unspecified atom stereocenters. The van der Waals surface area contributed by atoms with E-state index in [9.17, 15) is 4.79 Å². The summed E-state index contributed by atoms with van der Waals surface area (Å²) in [6.07, 6.45) is 6.85. The first-order valence-electron chi connectivity index (χ1n) is 5.24. The van der Waals surface area contributed by atoms with Crippen LogP contribution in [0.4, 0.5) is 0 Å². The number of benzene rings is 1. The van der Waals surface area contributed by atoms with Crippen molar-refractivity contribution in [3.05, 3.63) is 58.6 Å². The van der Waals surface area contributed by atoms with Crippen molar-refractivity contribution in [1.29, 1.82) is 0 Å². The molecule has 2 N–H and O–H groups in total. The van der Waals surface area contributed by atoms with Crippen LogP contribution in [0, 0.1) is 0 Å². The monoisotopic (exact) mass is 262 g/mol. The zero-order valence-electron chi connectivity index (χ0n) is 9.33. The maximum absolute atomic E-state index is 10.9. The number of carboxylic acids is 1. The van der Waals surface area contributed by atoms with Gasteiger partial charge in [0.2, 0.25) is 0 Å². The first kappa shape index (κ1) is 12.3. The van der Waals surface area contributed by atoms with E-state index in [-0.39, 0.29) is 18.0 Å². The van der Waals surface area contributed by atoms with Crippen LogP contribution < -0.4 is 15.9 Å². The van der Waals surface area contributed by atoms with E-state index in [0.717, 1.165) is 16.1 Å². The number of carboxylic acid groups (broad SMARTS) is 1. The van der Waals surface area contributed by atoms with Crippen molar-refractivity contribution in [2.75, 3.05) is 0 Å². The number of aliphatic carboxylic acids is 1. The van der Waals surface area contributed by atoms with Crippen LogP contribution in [0.1, 0.15) is 0 Å². The lowest BCUT2D eigenvalue weighted by molar-refractivity contribution is -0.132. The minimum absolute atomic E-state index is 0. The number of hydrogen-bond donors (Lipinski definition) is 2. The molecule has 0 saturated heterocycles. The molecule has 0 saturated carbocycles. The summed E-state index contributed by atoms with van der Waals surface area (Å²) in [7, 11) is 0. The average Bonchev–Trinajstić information content (AvgIpc) is 2.38. The predicted molar refractivity (Wildman–Crippen MR) is 70.6 cm³/mol. The summed E-state index contributed by atoms with van der Waals surface area (Å²) in [4.78, 5) is 10.9. The maximum atomic E-state index is 10.9. The van der Waals surface area contributed by atoms with Gasteiger partial charge in [0.25, 0.3) is 0 Å². The van der Waals surface area contributed by atoms with Crippen molar-refractivity contribution >= 4 is 30.3 Å². The fraction of sp³-hybridized carbons (Fsp3) is 0. The van der Waals surface area contributed by atoms with Gasteiger partial charge in [-0.3, -0.25) is 5.01 Å². The molecular formula is C13H11ClN2O2. The number of halogens is 1. The average molecular weight is 263 g/mol. The molecule has 2 aliphatic rings. The van der Waals surface area contributed by atoms with Crippen molar-refractivity contribution < 1.29 is 9.90 Å². The Kier molecular flexibility index (Phi) is 3.12. The summed E-state index contributed by atoms with van der Waals surface area (Å²) in [6.45, 7) is 0. The van der Waals surface area contributed by atoms with Crippen LogP contribution in [0.3, 0.4) is 0 Å². The molecule has 0 spiro atoms. The Morgan fingerprint density at radius 1 is 1.22 bits per heavy atom. The number of rotatable bonds is 1. The standard InChI is InChI=1S/C13H10N2O2.ClH/c16-13(17)10-5-6-12-11-4-2-1-3-9(11)7-14-15(12)8-10;/h1-8,14H,(H,16,17);1H. The molecule has 2 heterocycles. The van der Waals surface area contributed by atoms with E-state index in [4.69, 9.17) is 5.11 Å². The highest BCUT2D eigenvalue weighted by atomic mass is 35.5. The number of hydrogen-bond acceptors (Lipinski definition) is 3. The van der Waals surface area contributed by atoms with Gasteiger partial charge in [0.15, 0.2) is 0 Å². The summed E-state index contributed by atoms with van der Waals surface area (Å²) >= 11 is 0. The third kappa shape index (κ3) is 1.87. The largest absolute Gasteiger partial charge is 0.478 e. The highest BCUT2D eigenvalue weighted by Gasteiger charge is 2.16. The van der Waals surface area contributed by atoms with Crippen LogP contribution in [-0.2, 0) is 4.79 Å². The van der Waals surface area contributed by atoms with Gasteiger partial charge in [0, 0.05) is 22.8 Å². The Morgan fingerprint density at radius 2 is 2.00 bits per heavy atom. The third-order valence-electron chi connectivity index (χ3n) is 2.79. The molecule has 18 heavy (non-hydrogen) atoms. The van der Waals surface area contributed by atoms with Crippen molar-refractivity contribution in [1.82, 2.24) is 10.4 Å². The van der Waals surface area contributed by atoms with E-state index >= 15 is 0 Å². The highest BCUT2D eigenvalue weighted by molar-refractivity contribution is 5.91. The lowest BCUT2D eigenvalue weighted by Gasteiger charge is -2.27. The van der Waals surface area contributed by atoms with Crippen molar-refractivity contribution in [2.45, 2.75) is 0 Å². The molecule has 92 valence electrons. The van der Waals surface area contributed by atoms with Gasteiger partial charge in [-0.05, 0) is 12.2 Å². The van der Waals surface area contributed by atoms with Crippen LogP contribution in [0.25, 0.3) is 11.9 Å². The first-order chi connectivity index (χ1) is 8.25. The van der Waals surface area contributed by atoms with Crippen LogP contribution in [0.2, 0.25) is 0 Å². The molecular weight excluding hydrogens is 252 g/mol. The lowest BCUT2D eigenvalue weighted by atomic mass is 10.1. The quantitative estimate of drug-likeness (QED) is 0.765. The molecule has 1 aromatic carbocycles. The fourth-order valence-electron chi connectivity index (χ4n) is 1.95. The molecule has 0 bridgehead atoms. The van der Waals surface area contributed by atoms with Crippen LogP contribution in [0.15, 0.2) is 48.2 Å². The van der Waals surface area contributed by atoms with Gasteiger partial charge in [-0.25, -0.2) is 4.79 Å². The van der Waals surface area contributed by atoms with Gasteiger partial charge in [0.05, 0.1) is 11.3 Å². The fourth-order valence-corrected chi connectivity index (χ4v) is 1.95. The molecule has 3 rings (SSSR count). The summed E-state index contributed by atoms with van der Waals surface area (Å²) in [6, 6.07) is 7.96. The van der Waals surface area contributed by atoms with Gasteiger partial charge in [0.1, 0.15) is 0 Å². The molecule has 0 aromatic heterocycles. The maximum Gasteiger partial charge on any atom is 0.337 e. The predicted octanol–water partition coefficient (Wildman–Crippen LogP) is 0.313. The number of nitrogens with one attached hydrogen (secondary N) is 1. The van der Waals surface area contributed by atoms with Crippen molar-refractivity contribution in [3.8, 4) is 0 Å². The molecule has 0 radical (unpaired) electrons. The molecule has 2 aliphatic heterocycles. The van der Waals surface area contributed by atoms with Gasteiger partial charge in [-0.2, -0.15) is 0 Å². The van der Waals surface area contributed by atoms with Gasteiger partial charge in [-0.1, -0.05) is 24.3 Å². The molecule has 4 nitrogen and oxygen atoms in total. The molecule has 1 aromatic rings. The van der Waals surface area contributed by atoms with E-state index in [1.807, 2.05) is 36.5 Å². The second-order valence-electron chi connectivity index (χ2n) is 3.84. The molecule has 0 amide bonds. The lowest BCUT2D eigenvalue weighted by Crippen LogP contribution is -2.44. The normalized spacial score (nSPS) is 15.4. The second-order valence-corrected chi connectivity index (χ2v) is 3.84. The van der Waals surface area contributed by atoms with Gasteiger partial charge < -0.3 is 10.5 Å². The summed E-state index contributed by atoms with van der Waals surface area (Å²) in [5.41, 5.74) is 4.25. The Hall–Kier alpha value is -2.20. The number of hydrazine groups is 1. The van der Waals surface area contributed by atoms with Gasteiger partial charge >= 0.3 is 5.97 Å². The molecule has 0 fully saturated rings. The Morgan fingerprint density at radius 3 is 2.78 bits per heavy atom. The zero-order chi connectivity index (χ0) is 11.8. The van der Waals surface area contributed by atoms with E-state index < -0.39 is 5.97 Å². The second kappa shape index (κ2) is 4.58. The Balaban J connectivity index is 0.00000120. The number of nitrogens with zero attached hydrogens (tertiary/aromatic N) is 1.